The zero-order chi connectivity index (χ0) is 11.0. The Morgan fingerprint density at radius 1 is 0.933 bits per heavy atom. The third-order valence-corrected chi connectivity index (χ3v) is 3.79. The highest BCUT2D eigenvalue weighted by Crippen LogP contribution is 2.28. The van der Waals surface area contributed by atoms with E-state index in [0.29, 0.717) is 5.54 Å². The Bertz CT molecular complexity index is 147. The summed E-state index contributed by atoms with van der Waals surface area (Å²) in [5.74, 6) is 0. The molecule has 0 aromatic rings. The van der Waals surface area contributed by atoms with Gasteiger partial charge in [0.05, 0.1) is 0 Å². The minimum atomic E-state index is 0.490. The minimum Gasteiger partial charge on any atom is -0.312 e. The highest BCUT2D eigenvalue weighted by Gasteiger charge is 2.26. The molecule has 90 valence electrons. The van der Waals surface area contributed by atoms with E-state index < -0.39 is 0 Å². The summed E-state index contributed by atoms with van der Waals surface area (Å²) in [6.07, 6.45) is 14.1. The topological polar surface area (TPSA) is 12.0 Å². The second-order valence-electron chi connectivity index (χ2n) is 5.46. The van der Waals surface area contributed by atoms with E-state index in [4.69, 9.17) is 0 Å². The second-order valence-corrected chi connectivity index (χ2v) is 5.46. The summed E-state index contributed by atoms with van der Waals surface area (Å²) in [5.41, 5.74) is 0.490. The van der Waals surface area contributed by atoms with E-state index in [-0.39, 0.29) is 0 Å². The lowest BCUT2D eigenvalue weighted by molar-refractivity contribution is 0.359. The van der Waals surface area contributed by atoms with Crippen molar-refractivity contribution in [3.8, 4) is 0 Å². The molecule has 1 nitrogen and oxygen atoms in total. The molecule has 0 atom stereocenters. The fraction of sp³-hybridized carbons (Fsp3) is 1.00. The lowest BCUT2D eigenvalue weighted by Crippen LogP contribution is -2.39. The van der Waals surface area contributed by atoms with Gasteiger partial charge in [-0.05, 0) is 32.7 Å². The summed E-state index contributed by atoms with van der Waals surface area (Å²) in [5, 5.41) is 3.75. The molecule has 1 aliphatic rings. The molecule has 0 radical (unpaired) electrons. The Hall–Kier alpha value is -0.0400. The Morgan fingerprint density at radius 3 is 2.20 bits per heavy atom. The van der Waals surface area contributed by atoms with E-state index in [2.05, 4.69) is 19.2 Å². The molecule has 15 heavy (non-hydrogen) atoms. The van der Waals surface area contributed by atoms with Crippen LogP contribution in [0, 0.1) is 0 Å². The lowest BCUT2D eigenvalue weighted by atomic mass is 10.0. The quantitative estimate of drug-likeness (QED) is 0.591. The van der Waals surface area contributed by atoms with E-state index in [9.17, 15) is 0 Å². The fourth-order valence-electron chi connectivity index (χ4n) is 2.63. The highest BCUT2D eigenvalue weighted by atomic mass is 15.0. The summed E-state index contributed by atoms with van der Waals surface area (Å²) in [6, 6.07) is 0. The number of hydrogen-bond acceptors (Lipinski definition) is 1. The van der Waals surface area contributed by atoms with Crippen molar-refractivity contribution in [3.05, 3.63) is 0 Å². The van der Waals surface area contributed by atoms with Crippen LogP contribution in [0.5, 0.6) is 0 Å². The summed E-state index contributed by atoms with van der Waals surface area (Å²) >= 11 is 0. The van der Waals surface area contributed by atoms with Gasteiger partial charge >= 0.3 is 0 Å². The van der Waals surface area contributed by atoms with Crippen LogP contribution in [-0.2, 0) is 0 Å². The Labute approximate surface area is 96.0 Å². The van der Waals surface area contributed by atoms with Crippen LogP contribution in [-0.4, -0.2) is 12.1 Å². The monoisotopic (exact) mass is 211 g/mol. The summed E-state index contributed by atoms with van der Waals surface area (Å²) in [6.45, 7) is 5.92. The van der Waals surface area contributed by atoms with Crippen molar-refractivity contribution in [1.29, 1.82) is 0 Å². The van der Waals surface area contributed by atoms with Crippen LogP contribution in [0.25, 0.3) is 0 Å². The Balaban J connectivity index is 1.88. The Morgan fingerprint density at radius 2 is 1.53 bits per heavy atom. The summed E-state index contributed by atoms with van der Waals surface area (Å²) < 4.78 is 0. The van der Waals surface area contributed by atoms with Crippen molar-refractivity contribution in [2.75, 3.05) is 6.54 Å². The maximum absolute atomic E-state index is 3.75. The first-order valence-corrected chi connectivity index (χ1v) is 7.02. The van der Waals surface area contributed by atoms with Crippen molar-refractivity contribution in [2.45, 2.75) is 83.6 Å². The van der Waals surface area contributed by atoms with Gasteiger partial charge in [0.2, 0.25) is 0 Å². The standard InChI is InChI=1S/C14H29N/c1-3-4-5-6-7-10-13-15-14(2)11-8-9-12-14/h15H,3-13H2,1-2H3. The van der Waals surface area contributed by atoms with E-state index in [1.165, 1.54) is 70.8 Å². The zero-order valence-electron chi connectivity index (χ0n) is 10.8. The van der Waals surface area contributed by atoms with Gasteiger partial charge in [-0.3, -0.25) is 0 Å². The maximum atomic E-state index is 3.75. The first kappa shape index (κ1) is 13.0. The van der Waals surface area contributed by atoms with Gasteiger partial charge < -0.3 is 5.32 Å². The number of hydrogen-bond donors (Lipinski definition) is 1. The van der Waals surface area contributed by atoms with Gasteiger partial charge in [-0.1, -0.05) is 51.9 Å². The van der Waals surface area contributed by atoms with Crippen LogP contribution in [0.2, 0.25) is 0 Å². The fourth-order valence-corrected chi connectivity index (χ4v) is 2.63. The van der Waals surface area contributed by atoms with Crippen LogP contribution in [0.3, 0.4) is 0 Å². The molecule has 1 aliphatic carbocycles. The Kier molecular flexibility index (Phi) is 6.31. The third kappa shape index (κ3) is 5.55. The zero-order valence-corrected chi connectivity index (χ0v) is 10.8. The number of nitrogens with one attached hydrogen (secondary N) is 1. The molecular weight excluding hydrogens is 182 g/mol. The van der Waals surface area contributed by atoms with Gasteiger partial charge in [-0.15, -0.1) is 0 Å². The van der Waals surface area contributed by atoms with Crippen molar-refractivity contribution in [1.82, 2.24) is 5.32 Å². The molecule has 0 amide bonds. The molecule has 1 heteroatoms. The molecule has 0 bridgehead atoms. The van der Waals surface area contributed by atoms with Gasteiger partial charge in [0.15, 0.2) is 0 Å². The van der Waals surface area contributed by atoms with E-state index in [1.54, 1.807) is 0 Å². The van der Waals surface area contributed by atoms with E-state index in [1.807, 2.05) is 0 Å². The average molecular weight is 211 g/mol. The van der Waals surface area contributed by atoms with Gasteiger partial charge in [-0.2, -0.15) is 0 Å². The first-order valence-electron chi connectivity index (χ1n) is 7.02. The summed E-state index contributed by atoms with van der Waals surface area (Å²) in [4.78, 5) is 0. The van der Waals surface area contributed by atoms with Gasteiger partial charge in [0, 0.05) is 5.54 Å². The SMILES string of the molecule is CCCCCCCCNC1(C)CCCC1. The predicted octanol–water partition coefficient (Wildman–Crippen LogP) is 4.27. The van der Waals surface area contributed by atoms with Crippen LogP contribution in [0.1, 0.15) is 78.1 Å². The number of unbranched alkanes of at least 4 members (excludes halogenated alkanes) is 5. The first-order chi connectivity index (χ1) is 7.27. The molecule has 0 spiro atoms. The predicted molar refractivity (Wildman–Crippen MR) is 68.3 cm³/mol. The van der Waals surface area contributed by atoms with Crippen molar-refractivity contribution in [3.63, 3.8) is 0 Å². The maximum Gasteiger partial charge on any atom is 0.0153 e. The molecule has 0 heterocycles. The summed E-state index contributed by atoms with van der Waals surface area (Å²) in [7, 11) is 0. The van der Waals surface area contributed by atoms with Gasteiger partial charge in [-0.25, -0.2) is 0 Å². The molecule has 1 fully saturated rings. The van der Waals surface area contributed by atoms with Crippen molar-refractivity contribution >= 4 is 0 Å². The number of rotatable bonds is 8. The van der Waals surface area contributed by atoms with Gasteiger partial charge in [0.1, 0.15) is 0 Å². The molecule has 0 aromatic heterocycles. The van der Waals surface area contributed by atoms with Crippen LogP contribution in [0.4, 0.5) is 0 Å². The van der Waals surface area contributed by atoms with Crippen LogP contribution < -0.4 is 5.32 Å². The molecular formula is C14H29N. The average Bonchev–Trinajstić information content (AvgIpc) is 2.64. The largest absolute Gasteiger partial charge is 0.312 e. The van der Waals surface area contributed by atoms with Crippen LogP contribution in [0.15, 0.2) is 0 Å². The highest BCUT2D eigenvalue weighted by molar-refractivity contribution is 4.87. The van der Waals surface area contributed by atoms with E-state index in [0.717, 1.165) is 0 Å². The molecule has 1 saturated carbocycles. The lowest BCUT2D eigenvalue weighted by Gasteiger charge is -2.25. The molecule has 1 N–H and O–H groups in total. The van der Waals surface area contributed by atoms with Crippen molar-refractivity contribution in [2.24, 2.45) is 0 Å². The second kappa shape index (κ2) is 7.27. The van der Waals surface area contributed by atoms with E-state index >= 15 is 0 Å². The molecule has 0 aromatic carbocycles. The molecule has 0 unspecified atom stereocenters. The molecule has 0 aliphatic heterocycles. The minimum absolute atomic E-state index is 0.490. The molecule has 0 saturated heterocycles. The third-order valence-electron chi connectivity index (χ3n) is 3.79. The van der Waals surface area contributed by atoms with Gasteiger partial charge in [0.25, 0.3) is 0 Å². The van der Waals surface area contributed by atoms with Crippen LogP contribution >= 0.6 is 0 Å². The molecule has 1 rings (SSSR count). The smallest absolute Gasteiger partial charge is 0.0153 e. The van der Waals surface area contributed by atoms with Crippen molar-refractivity contribution < 1.29 is 0 Å². The normalized spacial score (nSPS) is 19.6.